The summed E-state index contributed by atoms with van der Waals surface area (Å²) in [6, 6.07) is 0. The second kappa shape index (κ2) is 45.1. The first-order valence-electron chi connectivity index (χ1n) is 24.5. The molecular formula is C49H94O6. The molecule has 0 radical (unpaired) electrons. The van der Waals surface area contributed by atoms with Gasteiger partial charge in [0.2, 0.25) is 0 Å². The molecule has 0 rings (SSSR count). The standard InChI is InChI=1S/C49H94O6/c1-4-7-10-13-16-17-18-19-20-21-22-23-24-25-26-27-28-29-30-31-34-36-39-42-48(51)54-45-46(55-49(52)43-40-37-33-15-12-9-6-3)44-53-47(50)41-38-35-32-14-11-8-5-2/h46H,4-45H2,1-3H3. The van der Waals surface area contributed by atoms with Gasteiger partial charge in [0, 0.05) is 19.3 Å². The molecule has 0 aromatic heterocycles. The Hall–Kier alpha value is -1.59. The smallest absolute Gasteiger partial charge is 0.306 e. The maximum Gasteiger partial charge on any atom is 0.306 e. The number of unbranched alkanes of at least 4 members (excludes halogenated alkanes) is 34. The second-order valence-electron chi connectivity index (χ2n) is 16.7. The summed E-state index contributed by atoms with van der Waals surface area (Å²) in [5.74, 6) is -0.864. The summed E-state index contributed by atoms with van der Waals surface area (Å²) in [5.41, 5.74) is 0. The Morgan fingerprint density at radius 1 is 0.291 bits per heavy atom. The van der Waals surface area contributed by atoms with E-state index in [-0.39, 0.29) is 31.1 Å². The summed E-state index contributed by atoms with van der Waals surface area (Å²) in [6.07, 6.45) is 47.0. The summed E-state index contributed by atoms with van der Waals surface area (Å²) in [7, 11) is 0. The zero-order chi connectivity index (χ0) is 40.1. The third kappa shape index (κ3) is 43.4. The lowest BCUT2D eigenvalue weighted by Gasteiger charge is -2.18. The minimum atomic E-state index is -0.756. The van der Waals surface area contributed by atoms with Gasteiger partial charge in [-0.15, -0.1) is 0 Å². The van der Waals surface area contributed by atoms with Gasteiger partial charge < -0.3 is 14.2 Å². The fourth-order valence-electron chi connectivity index (χ4n) is 7.38. The lowest BCUT2D eigenvalue weighted by atomic mass is 10.0. The van der Waals surface area contributed by atoms with Crippen LogP contribution in [0.4, 0.5) is 0 Å². The third-order valence-electron chi connectivity index (χ3n) is 11.1. The molecule has 6 heteroatoms. The van der Waals surface area contributed by atoms with Crippen LogP contribution in [0.25, 0.3) is 0 Å². The van der Waals surface area contributed by atoms with Gasteiger partial charge in [-0.2, -0.15) is 0 Å². The maximum absolute atomic E-state index is 12.6. The Kier molecular flexibility index (Phi) is 43.8. The van der Waals surface area contributed by atoms with Crippen LogP contribution in [-0.2, 0) is 28.6 Å². The summed E-state index contributed by atoms with van der Waals surface area (Å²) >= 11 is 0. The fourth-order valence-corrected chi connectivity index (χ4v) is 7.38. The van der Waals surface area contributed by atoms with Crippen molar-refractivity contribution in [2.45, 2.75) is 284 Å². The molecule has 0 aromatic rings. The van der Waals surface area contributed by atoms with Crippen LogP contribution >= 0.6 is 0 Å². The Morgan fingerprint density at radius 2 is 0.491 bits per heavy atom. The van der Waals surface area contributed by atoms with Crippen molar-refractivity contribution >= 4 is 17.9 Å². The quantitative estimate of drug-likeness (QED) is 0.0348. The lowest BCUT2D eigenvalue weighted by molar-refractivity contribution is -0.167. The first-order valence-corrected chi connectivity index (χ1v) is 24.5. The van der Waals surface area contributed by atoms with E-state index in [1.807, 2.05) is 0 Å². The highest BCUT2D eigenvalue weighted by molar-refractivity contribution is 5.71. The van der Waals surface area contributed by atoms with E-state index in [4.69, 9.17) is 14.2 Å². The van der Waals surface area contributed by atoms with Crippen LogP contribution in [0.15, 0.2) is 0 Å². The van der Waals surface area contributed by atoms with Crippen LogP contribution in [0.5, 0.6) is 0 Å². The van der Waals surface area contributed by atoms with E-state index in [0.717, 1.165) is 57.8 Å². The minimum absolute atomic E-state index is 0.0638. The number of esters is 3. The SMILES string of the molecule is CCCCCCCCCCCCCCCCCCCCCCCCCC(=O)OCC(COC(=O)CCCCCCCCC)OC(=O)CCCCCCCCC. The topological polar surface area (TPSA) is 78.9 Å². The third-order valence-corrected chi connectivity index (χ3v) is 11.1. The summed E-state index contributed by atoms with van der Waals surface area (Å²) < 4.78 is 16.6. The largest absolute Gasteiger partial charge is 0.462 e. The number of ether oxygens (including phenoxy) is 3. The molecule has 0 N–H and O–H groups in total. The van der Waals surface area contributed by atoms with Crippen molar-refractivity contribution in [1.29, 1.82) is 0 Å². The zero-order valence-electron chi connectivity index (χ0n) is 37.2. The van der Waals surface area contributed by atoms with Crippen LogP contribution in [0.1, 0.15) is 278 Å². The van der Waals surface area contributed by atoms with Gasteiger partial charge in [-0.3, -0.25) is 14.4 Å². The summed E-state index contributed by atoms with van der Waals surface area (Å²) in [6.45, 7) is 6.58. The highest BCUT2D eigenvalue weighted by Crippen LogP contribution is 2.17. The molecule has 0 spiro atoms. The van der Waals surface area contributed by atoms with Crippen LogP contribution < -0.4 is 0 Å². The van der Waals surface area contributed by atoms with Gasteiger partial charge in [0.15, 0.2) is 6.10 Å². The molecule has 1 unspecified atom stereocenters. The molecule has 55 heavy (non-hydrogen) atoms. The molecule has 0 saturated heterocycles. The fraction of sp³-hybridized carbons (Fsp3) is 0.939. The Labute approximate surface area is 342 Å². The molecule has 0 aliphatic rings. The van der Waals surface area contributed by atoms with Gasteiger partial charge in [0.1, 0.15) is 13.2 Å². The first kappa shape index (κ1) is 53.4. The van der Waals surface area contributed by atoms with Gasteiger partial charge in [-0.05, 0) is 19.3 Å². The predicted molar refractivity (Wildman–Crippen MR) is 233 cm³/mol. The highest BCUT2D eigenvalue weighted by Gasteiger charge is 2.19. The maximum atomic E-state index is 12.6. The Bertz CT molecular complexity index is 813. The van der Waals surface area contributed by atoms with E-state index in [0.29, 0.717) is 19.3 Å². The van der Waals surface area contributed by atoms with E-state index in [2.05, 4.69) is 20.8 Å². The lowest BCUT2D eigenvalue weighted by Crippen LogP contribution is -2.30. The summed E-state index contributed by atoms with van der Waals surface area (Å²) in [5, 5.41) is 0. The molecule has 326 valence electrons. The number of rotatable bonds is 45. The zero-order valence-corrected chi connectivity index (χ0v) is 37.2. The molecule has 0 bridgehead atoms. The molecule has 0 aliphatic carbocycles. The van der Waals surface area contributed by atoms with Crippen LogP contribution in [0.3, 0.4) is 0 Å². The van der Waals surface area contributed by atoms with Crippen molar-refractivity contribution in [3.63, 3.8) is 0 Å². The van der Waals surface area contributed by atoms with E-state index >= 15 is 0 Å². The normalized spacial score (nSPS) is 11.8. The Morgan fingerprint density at radius 3 is 0.727 bits per heavy atom. The monoisotopic (exact) mass is 779 g/mol. The van der Waals surface area contributed by atoms with Gasteiger partial charge in [0.25, 0.3) is 0 Å². The van der Waals surface area contributed by atoms with Crippen LogP contribution in [-0.4, -0.2) is 37.2 Å². The van der Waals surface area contributed by atoms with Gasteiger partial charge >= 0.3 is 17.9 Å². The molecule has 0 aliphatic heterocycles. The van der Waals surface area contributed by atoms with Crippen molar-refractivity contribution in [3.8, 4) is 0 Å². The van der Waals surface area contributed by atoms with E-state index in [1.165, 1.54) is 180 Å². The molecule has 0 saturated carbocycles. The molecule has 1 atom stereocenters. The second-order valence-corrected chi connectivity index (χ2v) is 16.7. The van der Waals surface area contributed by atoms with Crippen molar-refractivity contribution in [3.05, 3.63) is 0 Å². The first-order chi connectivity index (χ1) is 27.0. The number of hydrogen-bond acceptors (Lipinski definition) is 6. The van der Waals surface area contributed by atoms with E-state index in [9.17, 15) is 14.4 Å². The molecular weight excluding hydrogens is 685 g/mol. The average Bonchev–Trinajstić information content (AvgIpc) is 3.18. The number of carbonyl (C=O) groups is 3. The molecule has 0 aromatic carbocycles. The molecule has 0 heterocycles. The van der Waals surface area contributed by atoms with Gasteiger partial charge in [0.05, 0.1) is 0 Å². The average molecular weight is 779 g/mol. The van der Waals surface area contributed by atoms with E-state index < -0.39 is 6.10 Å². The number of hydrogen-bond donors (Lipinski definition) is 0. The highest BCUT2D eigenvalue weighted by atomic mass is 16.6. The van der Waals surface area contributed by atoms with Crippen LogP contribution in [0, 0.1) is 0 Å². The van der Waals surface area contributed by atoms with Crippen molar-refractivity contribution in [1.82, 2.24) is 0 Å². The predicted octanol–water partition coefficient (Wildman–Crippen LogP) is 15.6. The van der Waals surface area contributed by atoms with Gasteiger partial charge in [-0.1, -0.05) is 239 Å². The van der Waals surface area contributed by atoms with Crippen LogP contribution in [0.2, 0.25) is 0 Å². The van der Waals surface area contributed by atoms with Gasteiger partial charge in [-0.25, -0.2) is 0 Å². The van der Waals surface area contributed by atoms with Crippen molar-refractivity contribution in [2.24, 2.45) is 0 Å². The number of carbonyl (C=O) groups excluding carboxylic acids is 3. The summed E-state index contributed by atoms with van der Waals surface area (Å²) in [4.78, 5) is 37.5. The molecule has 6 nitrogen and oxygen atoms in total. The molecule has 0 fully saturated rings. The van der Waals surface area contributed by atoms with Crippen molar-refractivity contribution in [2.75, 3.05) is 13.2 Å². The van der Waals surface area contributed by atoms with E-state index in [1.54, 1.807) is 0 Å². The molecule has 0 amide bonds. The van der Waals surface area contributed by atoms with Crippen molar-refractivity contribution < 1.29 is 28.6 Å². The Balaban J connectivity index is 3.97. The minimum Gasteiger partial charge on any atom is -0.462 e.